The molecule has 27 heavy (non-hydrogen) atoms. The van der Waals surface area contributed by atoms with Gasteiger partial charge in [0.25, 0.3) is 0 Å². The molecule has 1 aromatic rings. The SMILES string of the molecule is C[C@H]1CNCCN1C(=O)CCc1ccc(S(=O)(=O)N2CCOCC2)cc1.Cl. The van der Waals surface area contributed by atoms with Gasteiger partial charge in [-0.3, -0.25) is 4.79 Å². The van der Waals surface area contributed by atoms with Crippen molar-refractivity contribution in [3.05, 3.63) is 29.8 Å². The van der Waals surface area contributed by atoms with Gasteiger partial charge in [-0.05, 0) is 31.0 Å². The van der Waals surface area contributed by atoms with Gasteiger partial charge in [-0.1, -0.05) is 12.1 Å². The number of ether oxygens (including phenoxy) is 1. The minimum atomic E-state index is -3.46. The number of benzene rings is 1. The number of hydrogen-bond acceptors (Lipinski definition) is 5. The van der Waals surface area contributed by atoms with Crippen LogP contribution in [0.25, 0.3) is 0 Å². The molecule has 0 saturated carbocycles. The Bertz CT molecular complexity index is 721. The lowest BCUT2D eigenvalue weighted by Gasteiger charge is -2.34. The highest BCUT2D eigenvalue weighted by Crippen LogP contribution is 2.18. The summed E-state index contributed by atoms with van der Waals surface area (Å²) in [6, 6.07) is 7.11. The molecule has 0 bridgehead atoms. The molecule has 0 aromatic heterocycles. The minimum Gasteiger partial charge on any atom is -0.379 e. The van der Waals surface area contributed by atoms with Gasteiger partial charge < -0.3 is 15.0 Å². The minimum absolute atomic E-state index is 0. The number of nitrogens with zero attached hydrogens (tertiary/aromatic N) is 2. The van der Waals surface area contributed by atoms with Crippen molar-refractivity contribution in [2.75, 3.05) is 45.9 Å². The fourth-order valence-electron chi connectivity index (χ4n) is 3.37. The molecule has 2 aliphatic heterocycles. The number of carbonyl (C=O) groups is 1. The van der Waals surface area contributed by atoms with E-state index >= 15 is 0 Å². The monoisotopic (exact) mass is 417 g/mol. The number of sulfonamides is 1. The van der Waals surface area contributed by atoms with Crippen LogP contribution in [0.2, 0.25) is 0 Å². The first-order valence-electron chi connectivity index (χ1n) is 9.15. The summed E-state index contributed by atoms with van der Waals surface area (Å²) in [7, 11) is -3.46. The van der Waals surface area contributed by atoms with E-state index in [-0.39, 0.29) is 24.4 Å². The van der Waals surface area contributed by atoms with E-state index < -0.39 is 10.0 Å². The molecule has 7 nitrogen and oxygen atoms in total. The number of amides is 1. The highest BCUT2D eigenvalue weighted by molar-refractivity contribution is 7.89. The highest BCUT2D eigenvalue weighted by atomic mass is 35.5. The number of carbonyl (C=O) groups excluding carboxylic acids is 1. The van der Waals surface area contributed by atoms with Gasteiger partial charge >= 0.3 is 0 Å². The summed E-state index contributed by atoms with van der Waals surface area (Å²) in [4.78, 5) is 14.6. The molecule has 1 aromatic carbocycles. The van der Waals surface area contributed by atoms with E-state index in [0.717, 1.165) is 25.2 Å². The molecule has 1 amide bonds. The number of piperazine rings is 1. The van der Waals surface area contributed by atoms with Crippen molar-refractivity contribution >= 4 is 28.3 Å². The molecule has 0 radical (unpaired) electrons. The molecular weight excluding hydrogens is 390 g/mol. The third-order valence-corrected chi connectivity index (χ3v) is 6.89. The molecule has 152 valence electrons. The summed E-state index contributed by atoms with van der Waals surface area (Å²) in [6.07, 6.45) is 1.06. The Morgan fingerprint density at radius 1 is 1.19 bits per heavy atom. The third-order valence-electron chi connectivity index (χ3n) is 4.98. The molecule has 1 N–H and O–H groups in total. The quantitative estimate of drug-likeness (QED) is 0.769. The normalized spacial score (nSPS) is 21.5. The first-order chi connectivity index (χ1) is 12.5. The Labute approximate surface area is 167 Å². The van der Waals surface area contributed by atoms with Crippen molar-refractivity contribution in [3.63, 3.8) is 0 Å². The van der Waals surface area contributed by atoms with Crippen molar-refractivity contribution < 1.29 is 17.9 Å². The van der Waals surface area contributed by atoms with Crippen LogP contribution < -0.4 is 5.32 Å². The lowest BCUT2D eigenvalue weighted by Crippen LogP contribution is -2.52. The van der Waals surface area contributed by atoms with Gasteiger partial charge in [0.15, 0.2) is 0 Å². The van der Waals surface area contributed by atoms with Crippen LogP contribution >= 0.6 is 12.4 Å². The molecule has 0 spiro atoms. The molecule has 9 heteroatoms. The molecule has 2 heterocycles. The van der Waals surface area contributed by atoms with E-state index in [1.807, 2.05) is 17.0 Å². The molecule has 0 unspecified atom stereocenters. The van der Waals surface area contributed by atoms with E-state index in [1.54, 1.807) is 12.1 Å². The summed E-state index contributed by atoms with van der Waals surface area (Å²) in [5.74, 6) is 0.156. The Morgan fingerprint density at radius 3 is 2.48 bits per heavy atom. The van der Waals surface area contributed by atoms with E-state index in [4.69, 9.17) is 4.74 Å². The van der Waals surface area contributed by atoms with Crippen molar-refractivity contribution in [3.8, 4) is 0 Å². The average Bonchev–Trinajstić information content (AvgIpc) is 2.67. The number of halogens is 1. The van der Waals surface area contributed by atoms with Gasteiger partial charge in [0, 0.05) is 45.2 Å². The van der Waals surface area contributed by atoms with E-state index in [9.17, 15) is 13.2 Å². The smallest absolute Gasteiger partial charge is 0.243 e. The van der Waals surface area contributed by atoms with Crippen LogP contribution in [-0.2, 0) is 26.0 Å². The Morgan fingerprint density at radius 2 is 1.85 bits per heavy atom. The maximum atomic E-state index is 12.6. The zero-order valence-electron chi connectivity index (χ0n) is 15.6. The highest BCUT2D eigenvalue weighted by Gasteiger charge is 2.26. The average molecular weight is 418 g/mol. The summed E-state index contributed by atoms with van der Waals surface area (Å²) < 4.78 is 31.9. The molecule has 2 fully saturated rings. The van der Waals surface area contributed by atoms with Gasteiger partial charge in [0.1, 0.15) is 0 Å². The molecule has 1 atom stereocenters. The second-order valence-corrected chi connectivity index (χ2v) is 8.74. The maximum absolute atomic E-state index is 12.6. The van der Waals surface area contributed by atoms with Crippen LogP contribution in [0.5, 0.6) is 0 Å². The fraction of sp³-hybridized carbons (Fsp3) is 0.611. The molecule has 3 rings (SSSR count). The Kier molecular flexibility index (Phi) is 8.05. The topological polar surface area (TPSA) is 79.0 Å². The predicted octanol–water partition coefficient (Wildman–Crippen LogP) is 0.882. The Hall–Kier alpha value is -1.19. The first kappa shape index (κ1) is 22.1. The first-order valence-corrected chi connectivity index (χ1v) is 10.6. The summed E-state index contributed by atoms with van der Waals surface area (Å²) in [5.41, 5.74) is 0.974. The largest absolute Gasteiger partial charge is 0.379 e. The lowest BCUT2D eigenvalue weighted by atomic mass is 10.1. The zero-order chi connectivity index (χ0) is 18.6. The predicted molar refractivity (Wildman–Crippen MR) is 106 cm³/mol. The zero-order valence-corrected chi connectivity index (χ0v) is 17.2. The van der Waals surface area contributed by atoms with Crippen molar-refractivity contribution in [1.82, 2.24) is 14.5 Å². The van der Waals surface area contributed by atoms with Gasteiger partial charge in [-0.25, -0.2) is 8.42 Å². The molecular formula is C18H28ClN3O4S. The molecule has 2 aliphatic rings. The van der Waals surface area contributed by atoms with Crippen molar-refractivity contribution in [2.24, 2.45) is 0 Å². The summed E-state index contributed by atoms with van der Waals surface area (Å²) in [6.45, 7) is 6.12. The Balaban J connectivity index is 0.00000261. The van der Waals surface area contributed by atoms with Gasteiger partial charge in [0.2, 0.25) is 15.9 Å². The van der Waals surface area contributed by atoms with Crippen molar-refractivity contribution in [1.29, 1.82) is 0 Å². The van der Waals surface area contributed by atoms with E-state index in [1.165, 1.54) is 4.31 Å². The van der Waals surface area contributed by atoms with Crippen molar-refractivity contribution in [2.45, 2.75) is 30.7 Å². The van der Waals surface area contributed by atoms with Crippen LogP contribution in [0, 0.1) is 0 Å². The number of nitrogens with one attached hydrogen (secondary N) is 1. The van der Waals surface area contributed by atoms with Crippen LogP contribution in [0.4, 0.5) is 0 Å². The van der Waals surface area contributed by atoms with Crippen LogP contribution in [0.3, 0.4) is 0 Å². The van der Waals surface area contributed by atoms with Crippen LogP contribution in [0.1, 0.15) is 18.9 Å². The van der Waals surface area contributed by atoms with Gasteiger partial charge in [-0.15, -0.1) is 12.4 Å². The fourth-order valence-corrected chi connectivity index (χ4v) is 4.78. The molecule has 0 aliphatic carbocycles. The van der Waals surface area contributed by atoms with Crippen LogP contribution in [-0.4, -0.2) is 75.5 Å². The molecule has 2 saturated heterocycles. The lowest BCUT2D eigenvalue weighted by molar-refractivity contribution is -0.133. The summed E-state index contributed by atoms with van der Waals surface area (Å²) in [5, 5.41) is 3.28. The van der Waals surface area contributed by atoms with Crippen LogP contribution in [0.15, 0.2) is 29.2 Å². The summed E-state index contributed by atoms with van der Waals surface area (Å²) >= 11 is 0. The van der Waals surface area contributed by atoms with E-state index in [0.29, 0.717) is 44.0 Å². The second-order valence-electron chi connectivity index (χ2n) is 6.80. The van der Waals surface area contributed by atoms with Gasteiger partial charge in [0.05, 0.1) is 18.1 Å². The van der Waals surface area contributed by atoms with Gasteiger partial charge in [-0.2, -0.15) is 4.31 Å². The van der Waals surface area contributed by atoms with E-state index in [2.05, 4.69) is 12.2 Å². The second kappa shape index (κ2) is 9.84. The number of aryl methyl sites for hydroxylation is 1. The number of rotatable bonds is 5. The number of hydrogen-bond donors (Lipinski definition) is 1. The maximum Gasteiger partial charge on any atom is 0.243 e. The third kappa shape index (κ3) is 5.42. The standard InChI is InChI=1S/C18H27N3O4S.ClH/c1-15-14-19-8-9-21(15)18(22)7-4-16-2-5-17(6-3-16)26(23,24)20-10-12-25-13-11-20;/h2-3,5-6,15,19H,4,7-14H2,1H3;1H/t15-;/m0./s1. The number of morpholine rings is 1.